The molecule has 1 aromatic carbocycles. The first-order valence-corrected chi connectivity index (χ1v) is 9.62. The molecule has 136 valence electrons. The summed E-state index contributed by atoms with van der Waals surface area (Å²) in [6, 6.07) is 8.15. The van der Waals surface area contributed by atoms with E-state index in [0.717, 1.165) is 17.5 Å². The third-order valence-electron chi connectivity index (χ3n) is 5.61. The van der Waals surface area contributed by atoms with E-state index < -0.39 is 0 Å². The molecule has 1 aromatic rings. The first-order chi connectivity index (χ1) is 11.9. The van der Waals surface area contributed by atoms with Crippen LogP contribution in [0.3, 0.4) is 0 Å². The van der Waals surface area contributed by atoms with Crippen LogP contribution in [0.1, 0.15) is 89.2 Å². The minimum atomic E-state index is -0.222. The van der Waals surface area contributed by atoms with Crippen LogP contribution in [0.4, 0.5) is 0 Å². The second-order valence-electron chi connectivity index (χ2n) is 8.17. The Morgan fingerprint density at radius 3 is 2.64 bits per heavy atom. The van der Waals surface area contributed by atoms with Crippen LogP contribution in [0.25, 0.3) is 0 Å². The van der Waals surface area contributed by atoms with E-state index in [4.69, 9.17) is 5.26 Å². The largest absolute Gasteiger partial charge is 0.508 e. The Balaban J connectivity index is 2.12. The Labute approximate surface area is 152 Å². The van der Waals surface area contributed by atoms with E-state index in [2.05, 4.69) is 32.9 Å². The molecule has 0 aromatic heterocycles. The minimum Gasteiger partial charge on any atom is -0.508 e. The van der Waals surface area contributed by atoms with Gasteiger partial charge in [0, 0.05) is 12.8 Å². The van der Waals surface area contributed by atoms with E-state index in [1.807, 2.05) is 12.1 Å². The van der Waals surface area contributed by atoms with Crippen LogP contribution in [0.5, 0.6) is 5.75 Å². The predicted octanol–water partition coefficient (Wildman–Crippen LogP) is 5.62. The highest BCUT2D eigenvalue weighted by molar-refractivity contribution is 5.81. The molecule has 1 aliphatic rings. The summed E-state index contributed by atoms with van der Waals surface area (Å²) in [5.74, 6) is 0.144. The fourth-order valence-corrected chi connectivity index (χ4v) is 3.93. The van der Waals surface area contributed by atoms with Gasteiger partial charge in [0.1, 0.15) is 11.5 Å². The Morgan fingerprint density at radius 2 is 2.00 bits per heavy atom. The van der Waals surface area contributed by atoms with Gasteiger partial charge in [-0.25, -0.2) is 0 Å². The molecule has 0 bridgehead atoms. The van der Waals surface area contributed by atoms with Gasteiger partial charge in [0.05, 0.1) is 12.0 Å². The number of benzene rings is 1. The number of hydrogen-bond donors (Lipinski definition) is 1. The molecule has 1 fully saturated rings. The summed E-state index contributed by atoms with van der Waals surface area (Å²) in [4.78, 5) is 11.9. The van der Waals surface area contributed by atoms with Crippen LogP contribution in [0, 0.1) is 17.2 Å². The average Bonchev–Trinajstić information content (AvgIpc) is 2.58. The van der Waals surface area contributed by atoms with Crippen molar-refractivity contribution in [2.45, 2.75) is 83.5 Å². The lowest BCUT2D eigenvalue weighted by Crippen LogP contribution is -2.21. The molecule has 3 nitrogen and oxygen atoms in total. The van der Waals surface area contributed by atoms with Gasteiger partial charge in [-0.2, -0.15) is 5.26 Å². The summed E-state index contributed by atoms with van der Waals surface area (Å²) in [7, 11) is 0. The zero-order chi connectivity index (χ0) is 18.4. The fraction of sp³-hybridized carbons (Fsp3) is 0.636. The molecule has 1 aliphatic carbocycles. The van der Waals surface area contributed by atoms with Gasteiger partial charge in [-0.3, -0.25) is 4.79 Å². The number of unbranched alkanes of at least 4 members (excludes halogenated alkanes) is 3. The highest BCUT2D eigenvalue weighted by Gasteiger charge is 2.30. The number of nitrogens with zero attached hydrogens (tertiary/aromatic N) is 1. The number of phenols is 1. The summed E-state index contributed by atoms with van der Waals surface area (Å²) >= 11 is 0. The molecule has 2 rings (SSSR count). The number of Topliss-reactive ketones (excluding diaryl/α,β-unsaturated/α-hetero) is 1. The van der Waals surface area contributed by atoms with Crippen molar-refractivity contribution in [3.05, 3.63) is 29.3 Å². The van der Waals surface area contributed by atoms with E-state index in [1.165, 1.54) is 25.7 Å². The van der Waals surface area contributed by atoms with Gasteiger partial charge in [0.2, 0.25) is 0 Å². The lowest BCUT2D eigenvalue weighted by Gasteiger charge is -2.28. The molecule has 0 heterocycles. The average molecular weight is 341 g/mol. The molecule has 0 radical (unpaired) electrons. The molecule has 0 saturated heterocycles. The van der Waals surface area contributed by atoms with Crippen molar-refractivity contribution in [3.63, 3.8) is 0 Å². The molecule has 1 saturated carbocycles. The standard InChI is InChI=1S/C22H31NO2/c1-4-5-6-7-10-22(2,3)18-8-9-20(21(25)14-18)17-11-16(15-23)12-19(24)13-17/h8-9,14,16-17,25H,4-7,10-13H2,1-3H3/t16-,17+/m0/s1. The molecule has 0 aliphatic heterocycles. The van der Waals surface area contributed by atoms with Crippen molar-refractivity contribution in [1.29, 1.82) is 5.26 Å². The summed E-state index contributed by atoms with van der Waals surface area (Å²) in [6.45, 7) is 6.67. The van der Waals surface area contributed by atoms with Crippen LogP contribution in [0.2, 0.25) is 0 Å². The number of aromatic hydroxyl groups is 1. The number of hydrogen-bond acceptors (Lipinski definition) is 3. The summed E-state index contributed by atoms with van der Waals surface area (Å²) in [5, 5.41) is 19.7. The van der Waals surface area contributed by atoms with E-state index in [-0.39, 0.29) is 28.8 Å². The predicted molar refractivity (Wildman–Crippen MR) is 101 cm³/mol. The van der Waals surface area contributed by atoms with E-state index in [9.17, 15) is 9.90 Å². The number of carbonyl (C=O) groups excluding carboxylic acids is 1. The van der Waals surface area contributed by atoms with Crippen molar-refractivity contribution in [2.24, 2.45) is 5.92 Å². The highest BCUT2D eigenvalue weighted by Crippen LogP contribution is 2.40. The Hall–Kier alpha value is -1.82. The first-order valence-electron chi connectivity index (χ1n) is 9.62. The Bertz CT molecular complexity index is 642. The van der Waals surface area contributed by atoms with Gasteiger partial charge < -0.3 is 5.11 Å². The minimum absolute atomic E-state index is 0.0291. The van der Waals surface area contributed by atoms with Crippen LogP contribution >= 0.6 is 0 Å². The third-order valence-corrected chi connectivity index (χ3v) is 5.61. The van der Waals surface area contributed by atoms with Crippen LogP contribution in [-0.4, -0.2) is 10.9 Å². The molecule has 1 N–H and O–H groups in total. The van der Waals surface area contributed by atoms with Crippen LogP contribution in [-0.2, 0) is 10.2 Å². The number of phenolic OH excluding ortho intramolecular Hbond substituents is 1. The lowest BCUT2D eigenvalue weighted by molar-refractivity contribution is -0.121. The SMILES string of the molecule is CCCCCCC(C)(C)c1ccc([C@H]2CC(=O)C[C@@H](C#N)C2)c(O)c1. The molecular weight excluding hydrogens is 310 g/mol. The van der Waals surface area contributed by atoms with E-state index in [0.29, 0.717) is 19.3 Å². The molecule has 0 unspecified atom stereocenters. The van der Waals surface area contributed by atoms with E-state index >= 15 is 0 Å². The zero-order valence-corrected chi connectivity index (χ0v) is 15.8. The maximum atomic E-state index is 11.9. The quantitative estimate of drug-likeness (QED) is 0.655. The first kappa shape index (κ1) is 19.5. The maximum absolute atomic E-state index is 11.9. The summed E-state index contributed by atoms with van der Waals surface area (Å²) in [5.41, 5.74) is 1.99. The van der Waals surface area contributed by atoms with Gasteiger partial charge in [0.25, 0.3) is 0 Å². The van der Waals surface area contributed by atoms with Crippen molar-refractivity contribution in [2.75, 3.05) is 0 Å². The third kappa shape index (κ3) is 5.08. The second kappa shape index (κ2) is 8.52. The lowest BCUT2D eigenvalue weighted by atomic mass is 9.75. The molecule has 2 atom stereocenters. The zero-order valence-electron chi connectivity index (χ0n) is 15.8. The summed E-state index contributed by atoms with van der Waals surface area (Å²) < 4.78 is 0. The molecular formula is C22H31NO2. The number of carbonyl (C=O) groups is 1. The number of nitriles is 1. The maximum Gasteiger partial charge on any atom is 0.134 e. The van der Waals surface area contributed by atoms with Gasteiger partial charge in [-0.15, -0.1) is 0 Å². The highest BCUT2D eigenvalue weighted by atomic mass is 16.3. The van der Waals surface area contributed by atoms with E-state index in [1.54, 1.807) is 0 Å². The summed E-state index contributed by atoms with van der Waals surface area (Å²) in [6.07, 6.45) is 7.52. The topological polar surface area (TPSA) is 61.1 Å². The fourth-order valence-electron chi connectivity index (χ4n) is 3.93. The molecule has 0 spiro atoms. The van der Waals surface area contributed by atoms with Gasteiger partial charge in [0.15, 0.2) is 0 Å². The van der Waals surface area contributed by atoms with Crippen LogP contribution in [0.15, 0.2) is 18.2 Å². The van der Waals surface area contributed by atoms with Crippen molar-refractivity contribution in [1.82, 2.24) is 0 Å². The van der Waals surface area contributed by atoms with Gasteiger partial charge in [-0.1, -0.05) is 58.6 Å². The molecule has 25 heavy (non-hydrogen) atoms. The van der Waals surface area contributed by atoms with Crippen molar-refractivity contribution >= 4 is 5.78 Å². The Kier molecular flexibility index (Phi) is 6.64. The van der Waals surface area contributed by atoms with Gasteiger partial charge in [-0.05, 0) is 41.4 Å². The normalized spacial score (nSPS) is 21.1. The van der Waals surface area contributed by atoms with Crippen LogP contribution < -0.4 is 0 Å². The molecule has 0 amide bonds. The monoisotopic (exact) mass is 341 g/mol. The van der Waals surface area contributed by atoms with Gasteiger partial charge >= 0.3 is 0 Å². The smallest absolute Gasteiger partial charge is 0.134 e. The second-order valence-corrected chi connectivity index (χ2v) is 8.17. The Morgan fingerprint density at radius 1 is 1.24 bits per heavy atom. The van der Waals surface area contributed by atoms with Crippen molar-refractivity contribution in [3.8, 4) is 11.8 Å². The number of rotatable bonds is 7. The van der Waals surface area contributed by atoms with Crippen molar-refractivity contribution < 1.29 is 9.90 Å². The molecule has 3 heteroatoms. The number of ketones is 1.